The van der Waals surface area contributed by atoms with Gasteiger partial charge in [-0.3, -0.25) is 38.4 Å². The van der Waals surface area contributed by atoms with Crippen molar-refractivity contribution in [3.05, 3.63) is 199 Å². The molecule has 41 heteroatoms. The van der Waals surface area contributed by atoms with Crippen LogP contribution in [0.15, 0.2) is 140 Å². The number of fused-ring (bicyclic) bond motifs is 14. The average Bonchev–Trinajstić information content (AvgIpc) is 0.758. The van der Waals surface area contributed by atoms with Crippen LogP contribution in [-0.2, 0) is 60.8 Å². The third-order valence-corrected chi connectivity index (χ3v) is 23.5. The summed E-state index contributed by atoms with van der Waals surface area (Å²) in [6.07, 6.45) is -19.6. The van der Waals surface area contributed by atoms with Crippen molar-refractivity contribution in [2.75, 3.05) is 68.0 Å². The first kappa shape index (κ1) is 93.2. The van der Waals surface area contributed by atoms with E-state index in [1.807, 2.05) is 23.9 Å². The number of hydrogen-bond donors (Lipinski definition) is 21. The third-order valence-electron chi connectivity index (χ3n) is 22.5. The van der Waals surface area contributed by atoms with Crippen LogP contribution in [0.3, 0.4) is 0 Å². The fourth-order valence-corrected chi connectivity index (χ4v) is 16.3. The van der Waals surface area contributed by atoms with Crippen LogP contribution in [0, 0.1) is 0 Å². The molecule has 0 aromatic heterocycles. The molecule has 2 fully saturated rings. The number of nitrogens with zero attached hydrogens (tertiary/aromatic N) is 2. The number of ether oxygens (including phenoxy) is 7. The van der Waals surface area contributed by atoms with E-state index in [-0.39, 0.29) is 65.7 Å². The maximum absolute atomic E-state index is 16.9. The van der Waals surface area contributed by atoms with E-state index >= 15 is 28.8 Å². The fourth-order valence-electron chi connectivity index (χ4n) is 15.7. The van der Waals surface area contributed by atoms with Gasteiger partial charge >= 0.3 is 0 Å². The lowest BCUT2D eigenvalue weighted by Crippen LogP contribution is -2.66. The number of likely N-dealkylation sites (N-methyl/N-ethyl adjacent to an activating group) is 1. The molecule has 8 aliphatic rings. The Morgan fingerprint density at radius 2 is 1.15 bits per heavy atom. The number of aliphatic hydroxyl groups is 7. The molecule has 9 unspecified atom stereocenters. The molecule has 8 amide bonds. The Labute approximate surface area is 751 Å². The maximum atomic E-state index is 16.9. The highest BCUT2D eigenvalue weighted by Crippen LogP contribution is 2.51. The summed E-state index contributed by atoms with van der Waals surface area (Å²) in [4.78, 5) is 130. The Morgan fingerprint density at radius 1 is 0.519 bits per heavy atom. The molecule has 8 aromatic rings. The van der Waals surface area contributed by atoms with Gasteiger partial charge in [-0.25, -0.2) is 0 Å². The minimum Gasteiger partial charge on any atom is -0.508 e. The van der Waals surface area contributed by atoms with Crippen LogP contribution in [0.5, 0.6) is 69.0 Å². The first-order valence-corrected chi connectivity index (χ1v) is 42.1. The van der Waals surface area contributed by atoms with Gasteiger partial charge in [0, 0.05) is 59.9 Å². The van der Waals surface area contributed by atoms with E-state index < -0.39 is 247 Å². The van der Waals surface area contributed by atoms with E-state index in [1.54, 1.807) is 38.4 Å². The Bertz CT molecular complexity index is 5570. The first-order valence-electron chi connectivity index (χ1n) is 40.9. The summed E-state index contributed by atoms with van der Waals surface area (Å²) in [6, 6.07) is 13.4. The Morgan fingerprint density at radius 3 is 1.83 bits per heavy atom. The average molecular weight is 1840 g/mol. The minimum absolute atomic E-state index is 0.0668. The lowest BCUT2D eigenvalue weighted by Gasteiger charge is -2.42. The maximum Gasteiger partial charge on any atom is 0.252 e. The summed E-state index contributed by atoms with van der Waals surface area (Å²) >= 11 is 20.7. The van der Waals surface area contributed by atoms with Gasteiger partial charge in [0.2, 0.25) is 59.7 Å². The van der Waals surface area contributed by atoms with Crippen molar-refractivity contribution in [1.29, 1.82) is 0 Å². The second kappa shape index (κ2) is 40.0. The van der Waals surface area contributed by atoms with Crippen LogP contribution in [-0.4, -0.2) is 255 Å². The quantitative estimate of drug-likeness (QED) is 0.0517. The molecule has 18 atom stereocenters. The zero-order valence-electron chi connectivity index (χ0n) is 69.6. The molecule has 38 nitrogen and oxygen atoms in total. The second-order valence-corrected chi connectivity index (χ2v) is 33.4. The number of halogens is 3. The highest BCUT2D eigenvalue weighted by molar-refractivity contribution is 6.33. The zero-order valence-corrected chi connectivity index (χ0v) is 71.9. The Hall–Kier alpha value is -11.9. The number of benzene rings is 8. The van der Waals surface area contributed by atoms with E-state index in [1.165, 1.54) is 61.6 Å². The standard InChI is InChI=1S/C88H95Cl3N12O26/c1-92-64-41-13-20-54(107)57(29-41)124-47-34-50(63(91)55(108)35-47)68-84(120)98-66-43-30-59(123-46-17-10-38(11-18-46)26-52(79(115)99-68)96-81(64)117)77(128-87-70(95-36-39-8-15-44(89)16-9-39)73(111)75(113)78(129-87)86(122)94-23-7-25-103(4)5)60(31-43)125-56-21-14-42(28-51(56)90)71(109)69-85(121)100-67(80(116)93-22-6-24-102(2)3)49-32-45(105)33-58(126-88-76(114)74(112)72(110)61(37-104)127-88)62(49)48-27-40(12-19-53(48)106)65(82(118)101-69)97-83(66)119/h8-21,27-35,52,61,64-76,78,87-88,92,95,104-114H,6-7,22-26,36-37H2,1-5H3,(H,93,116)(H,94,122)(H,96,117)(H,97,119)(H,98,120)(H,99,115)(H,100,121)(H,101,118)/t52?,61-,64?,65?,66?,67?,68?,69?,70-,71?,72-,73-,74+,75+,76+,78+,87-,88?/m1/s1. The van der Waals surface area contributed by atoms with Gasteiger partial charge in [0.1, 0.15) is 125 Å². The van der Waals surface area contributed by atoms with E-state index in [0.29, 0.717) is 42.1 Å². The monoisotopic (exact) mass is 1840 g/mol. The van der Waals surface area contributed by atoms with Crippen molar-refractivity contribution in [1.82, 2.24) is 63.0 Å². The molecule has 8 heterocycles. The molecule has 16 rings (SSSR count). The molecule has 0 aliphatic carbocycles. The first-order chi connectivity index (χ1) is 61.6. The zero-order chi connectivity index (χ0) is 92.2. The van der Waals surface area contributed by atoms with Crippen molar-refractivity contribution in [3.8, 4) is 80.1 Å². The van der Waals surface area contributed by atoms with Gasteiger partial charge in [-0.15, -0.1) is 0 Å². The van der Waals surface area contributed by atoms with Gasteiger partial charge in [0.15, 0.2) is 29.1 Å². The fraction of sp³-hybridized carbons (Fsp3) is 0.364. The number of nitrogens with one attached hydrogen (secondary N) is 10. The number of phenolic OH excluding ortho intramolecular Hbond substituents is 4. The summed E-state index contributed by atoms with van der Waals surface area (Å²) in [7, 11) is 8.64. The van der Waals surface area contributed by atoms with Crippen LogP contribution in [0.1, 0.15) is 93.7 Å². The molecule has 129 heavy (non-hydrogen) atoms. The normalized spacial score (nSPS) is 25.7. The minimum atomic E-state index is -2.41. The van der Waals surface area contributed by atoms with Gasteiger partial charge in [0.05, 0.1) is 22.7 Å². The molecule has 0 radical (unpaired) electrons. The molecule has 2 saturated heterocycles. The number of rotatable bonds is 19. The van der Waals surface area contributed by atoms with Gasteiger partial charge < -0.3 is 152 Å². The molecular weight excluding hydrogens is 1750 g/mol. The van der Waals surface area contributed by atoms with Crippen molar-refractivity contribution in [3.63, 3.8) is 0 Å². The second-order valence-electron chi connectivity index (χ2n) is 32.2. The van der Waals surface area contributed by atoms with Crippen LogP contribution in [0.2, 0.25) is 15.1 Å². The van der Waals surface area contributed by atoms with Crippen molar-refractivity contribution >= 4 is 82.1 Å². The summed E-state index contributed by atoms with van der Waals surface area (Å²) < 4.78 is 45.6. The molecular formula is C88H95Cl3N12O26. The van der Waals surface area contributed by atoms with E-state index in [0.717, 1.165) is 60.7 Å². The molecule has 8 aliphatic heterocycles. The number of aliphatic hydroxyl groups excluding tert-OH is 7. The van der Waals surface area contributed by atoms with Crippen molar-refractivity contribution in [2.24, 2.45) is 0 Å². The van der Waals surface area contributed by atoms with Gasteiger partial charge in [-0.05, 0) is 185 Å². The molecule has 684 valence electrons. The Balaban J connectivity index is 1.01. The summed E-state index contributed by atoms with van der Waals surface area (Å²) in [5.74, 6) is -15.6. The van der Waals surface area contributed by atoms with E-state index in [2.05, 4.69) is 53.2 Å². The number of aromatic hydroxyl groups is 4. The highest BCUT2D eigenvalue weighted by atomic mass is 35.5. The van der Waals surface area contributed by atoms with Gasteiger partial charge in [-0.1, -0.05) is 77.3 Å². The van der Waals surface area contributed by atoms with Crippen LogP contribution in [0.4, 0.5) is 0 Å². The molecule has 17 bridgehead atoms. The lowest BCUT2D eigenvalue weighted by atomic mass is 9.89. The SMILES string of the molecule is CNC1C(=O)NC2Cc3ccc(cc3)Oc3cc4cc(c3O[C@@H]3O[C@H](C(=O)NCCCN(C)C)[C@@H](O)[C@H](O)[C@H]3NCc3ccc(Cl)cc3)Oc3ccc(cc3Cl)C(O)C3NC(=O)C(NC(=O)C4NC(=O)C(NC2=O)c2cc(cc(O)c2Cl)Oc2cc1ccc2O)c1ccc(O)c(c1)-c1c(OC2O[C@H](CO)[C@@H](O)[C@H](O)[C@@H]2O)cc(O)cc1C(C(=O)NCCCN(C)C)NC3=O. The summed E-state index contributed by atoms with van der Waals surface area (Å²) in [5.41, 5.74) is -1.86. The summed E-state index contributed by atoms with van der Waals surface area (Å²) in [6.45, 7) is -0.140. The molecule has 21 N–H and O–H groups in total. The number of phenols is 4. The number of hydrogen-bond acceptors (Lipinski definition) is 30. The highest BCUT2D eigenvalue weighted by Gasteiger charge is 2.51. The lowest BCUT2D eigenvalue weighted by molar-refractivity contribution is -0.277. The van der Waals surface area contributed by atoms with Crippen LogP contribution < -0.4 is 76.9 Å². The number of carbonyl (C=O) groups is 8. The Kier molecular flexibility index (Phi) is 28.9. The van der Waals surface area contributed by atoms with Gasteiger partial charge in [0.25, 0.3) is 5.91 Å². The molecule has 0 spiro atoms. The third kappa shape index (κ3) is 20.7. The predicted molar refractivity (Wildman–Crippen MR) is 459 cm³/mol. The molecule has 0 saturated carbocycles. The van der Waals surface area contributed by atoms with Crippen molar-refractivity contribution < 1.29 is 128 Å². The smallest absolute Gasteiger partial charge is 0.252 e. The van der Waals surface area contributed by atoms with Gasteiger partial charge in [-0.2, -0.15) is 0 Å². The van der Waals surface area contributed by atoms with E-state index in [9.17, 15) is 65.8 Å². The topological polar surface area (TPSA) is 550 Å². The van der Waals surface area contributed by atoms with Crippen molar-refractivity contribution in [2.45, 2.75) is 136 Å². The largest absolute Gasteiger partial charge is 0.508 e. The van der Waals surface area contributed by atoms with E-state index in [4.69, 9.17) is 68.0 Å². The van der Waals surface area contributed by atoms with Crippen LogP contribution in [0.25, 0.3) is 11.1 Å². The molecule has 8 aromatic carbocycles. The number of amides is 8. The number of carbonyl (C=O) groups excluding carboxylic acids is 8. The predicted octanol–water partition coefficient (Wildman–Crippen LogP) is 2.70. The van der Waals surface area contributed by atoms with Crippen LogP contribution >= 0.6 is 34.8 Å². The summed E-state index contributed by atoms with van der Waals surface area (Å²) in [5, 5.41) is 156.